The van der Waals surface area contributed by atoms with Gasteiger partial charge in [0.1, 0.15) is 11.4 Å². The predicted octanol–water partition coefficient (Wildman–Crippen LogP) is 2.15. The molecule has 2 heterocycles. The van der Waals surface area contributed by atoms with Crippen molar-refractivity contribution in [3.63, 3.8) is 0 Å². The smallest absolute Gasteiger partial charge is 0.339 e. The second kappa shape index (κ2) is 4.50. The number of imidazole rings is 1. The lowest BCUT2D eigenvalue weighted by molar-refractivity contribution is 0.0696. The van der Waals surface area contributed by atoms with Crippen molar-refractivity contribution in [2.75, 3.05) is 0 Å². The standard InChI is InChI=1S/C14H15N3O2/c1-9-15-6-7-17(9)13-11(14(18)19)8-10-4-2-3-5-12(10)16-13/h6-8H,2-5H2,1H3,(H,18,19). The van der Waals surface area contributed by atoms with Crippen molar-refractivity contribution in [2.24, 2.45) is 0 Å². The zero-order valence-electron chi connectivity index (χ0n) is 10.8. The third kappa shape index (κ3) is 2.01. The Labute approximate surface area is 110 Å². The summed E-state index contributed by atoms with van der Waals surface area (Å²) in [6, 6.07) is 1.78. The van der Waals surface area contributed by atoms with E-state index in [0.29, 0.717) is 5.82 Å². The normalized spacial score (nSPS) is 14.2. The van der Waals surface area contributed by atoms with Crippen LogP contribution in [-0.4, -0.2) is 25.6 Å². The number of pyridine rings is 1. The molecule has 0 aliphatic heterocycles. The lowest BCUT2D eigenvalue weighted by Gasteiger charge is -2.18. The second-order valence-corrected chi connectivity index (χ2v) is 4.82. The highest BCUT2D eigenvalue weighted by Crippen LogP contribution is 2.24. The fraction of sp³-hybridized carbons (Fsp3) is 0.357. The van der Waals surface area contributed by atoms with Gasteiger partial charge in [-0.25, -0.2) is 14.8 Å². The zero-order valence-corrected chi connectivity index (χ0v) is 10.8. The van der Waals surface area contributed by atoms with Gasteiger partial charge in [-0.2, -0.15) is 0 Å². The third-order valence-electron chi connectivity index (χ3n) is 3.57. The van der Waals surface area contributed by atoms with Gasteiger partial charge in [-0.15, -0.1) is 0 Å². The van der Waals surface area contributed by atoms with Crippen molar-refractivity contribution in [3.8, 4) is 5.82 Å². The Morgan fingerprint density at radius 1 is 1.37 bits per heavy atom. The van der Waals surface area contributed by atoms with Gasteiger partial charge in [-0.1, -0.05) is 0 Å². The minimum atomic E-state index is -0.941. The summed E-state index contributed by atoms with van der Waals surface area (Å²) in [4.78, 5) is 20.2. The van der Waals surface area contributed by atoms with Crippen LogP contribution in [0.25, 0.3) is 5.82 Å². The highest BCUT2D eigenvalue weighted by atomic mass is 16.4. The van der Waals surface area contributed by atoms with Gasteiger partial charge in [-0.3, -0.25) is 4.57 Å². The van der Waals surface area contributed by atoms with Gasteiger partial charge in [-0.05, 0) is 44.2 Å². The molecule has 98 valence electrons. The Balaban J connectivity index is 2.22. The summed E-state index contributed by atoms with van der Waals surface area (Å²) in [6.07, 6.45) is 7.48. The van der Waals surface area contributed by atoms with E-state index in [-0.39, 0.29) is 5.56 Å². The average Bonchev–Trinajstić information content (AvgIpc) is 2.83. The minimum absolute atomic E-state index is 0.252. The number of carboxylic acid groups (broad SMARTS) is 1. The zero-order chi connectivity index (χ0) is 13.4. The van der Waals surface area contributed by atoms with E-state index in [9.17, 15) is 9.90 Å². The van der Waals surface area contributed by atoms with Crippen molar-refractivity contribution < 1.29 is 9.90 Å². The molecule has 0 amide bonds. The van der Waals surface area contributed by atoms with Crippen LogP contribution < -0.4 is 0 Å². The summed E-state index contributed by atoms with van der Waals surface area (Å²) >= 11 is 0. The molecule has 1 N–H and O–H groups in total. The van der Waals surface area contributed by atoms with E-state index in [2.05, 4.69) is 9.97 Å². The molecule has 0 unspecified atom stereocenters. The molecular weight excluding hydrogens is 242 g/mol. The predicted molar refractivity (Wildman–Crippen MR) is 69.7 cm³/mol. The molecule has 1 aliphatic rings. The van der Waals surface area contributed by atoms with E-state index in [1.165, 1.54) is 0 Å². The number of aromatic carboxylic acids is 1. The van der Waals surface area contributed by atoms with Gasteiger partial charge in [0.05, 0.1) is 0 Å². The molecule has 0 spiro atoms. The first kappa shape index (κ1) is 11.9. The maximum Gasteiger partial charge on any atom is 0.339 e. The molecule has 5 nitrogen and oxygen atoms in total. The van der Waals surface area contributed by atoms with Crippen molar-refractivity contribution in [1.29, 1.82) is 0 Å². The molecule has 3 rings (SSSR count). The van der Waals surface area contributed by atoms with E-state index < -0.39 is 5.97 Å². The summed E-state index contributed by atoms with van der Waals surface area (Å²) < 4.78 is 1.73. The maximum atomic E-state index is 11.4. The first-order chi connectivity index (χ1) is 9.16. The van der Waals surface area contributed by atoms with Crippen LogP contribution in [0.5, 0.6) is 0 Å². The van der Waals surface area contributed by atoms with Crippen molar-refractivity contribution >= 4 is 5.97 Å². The number of hydrogen-bond donors (Lipinski definition) is 1. The highest BCUT2D eigenvalue weighted by Gasteiger charge is 2.20. The second-order valence-electron chi connectivity index (χ2n) is 4.82. The number of carbonyl (C=O) groups is 1. The molecule has 0 aromatic carbocycles. The summed E-state index contributed by atoms with van der Waals surface area (Å²) in [7, 11) is 0. The quantitative estimate of drug-likeness (QED) is 0.895. The van der Waals surface area contributed by atoms with E-state index >= 15 is 0 Å². The minimum Gasteiger partial charge on any atom is -0.478 e. The number of nitrogens with zero attached hydrogens (tertiary/aromatic N) is 3. The highest BCUT2D eigenvalue weighted by molar-refractivity contribution is 5.91. The van der Waals surface area contributed by atoms with Gasteiger partial charge in [0.15, 0.2) is 5.82 Å². The van der Waals surface area contributed by atoms with Gasteiger partial charge < -0.3 is 5.11 Å². The number of aromatic nitrogens is 3. The van der Waals surface area contributed by atoms with E-state index in [4.69, 9.17) is 0 Å². The Morgan fingerprint density at radius 2 is 2.16 bits per heavy atom. The molecular formula is C14H15N3O2. The number of aryl methyl sites for hydroxylation is 3. The van der Waals surface area contributed by atoms with Crippen molar-refractivity contribution in [2.45, 2.75) is 32.6 Å². The Bertz CT molecular complexity index is 646. The van der Waals surface area contributed by atoms with E-state index in [1.54, 1.807) is 23.0 Å². The summed E-state index contributed by atoms with van der Waals surface area (Å²) in [5.41, 5.74) is 2.35. The number of fused-ring (bicyclic) bond motifs is 1. The van der Waals surface area contributed by atoms with Crippen LogP contribution >= 0.6 is 0 Å². The largest absolute Gasteiger partial charge is 0.478 e. The fourth-order valence-corrected chi connectivity index (χ4v) is 2.57. The molecule has 0 saturated carbocycles. The van der Waals surface area contributed by atoms with Crippen LogP contribution in [0.1, 0.15) is 40.3 Å². The van der Waals surface area contributed by atoms with Crippen LogP contribution in [0, 0.1) is 6.92 Å². The Morgan fingerprint density at radius 3 is 2.84 bits per heavy atom. The molecule has 0 fully saturated rings. The maximum absolute atomic E-state index is 11.4. The molecule has 19 heavy (non-hydrogen) atoms. The molecule has 1 aliphatic carbocycles. The van der Waals surface area contributed by atoms with Crippen molar-refractivity contribution in [3.05, 3.63) is 41.1 Å². The molecule has 0 radical (unpaired) electrons. The molecule has 0 atom stereocenters. The SMILES string of the molecule is Cc1nccn1-c1nc2c(cc1C(=O)O)CCCC2. The number of rotatable bonds is 2. The average molecular weight is 257 g/mol. The first-order valence-corrected chi connectivity index (χ1v) is 6.43. The van der Waals surface area contributed by atoms with Crippen LogP contribution in [0.4, 0.5) is 0 Å². The molecule has 2 aromatic rings. The number of carboxylic acids is 1. The lowest BCUT2D eigenvalue weighted by Crippen LogP contribution is -2.14. The summed E-state index contributed by atoms with van der Waals surface area (Å²) in [6.45, 7) is 1.84. The monoisotopic (exact) mass is 257 g/mol. The Kier molecular flexibility index (Phi) is 2.81. The summed E-state index contributed by atoms with van der Waals surface area (Å²) in [5, 5.41) is 9.38. The number of hydrogen-bond acceptors (Lipinski definition) is 3. The van der Waals surface area contributed by atoms with Gasteiger partial charge >= 0.3 is 5.97 Å². The topological polar surface area (TPSA) is 68.0 Å². The molecule has 5 heteroatoms. The summed E-state index contributed by atoms with van der Waals surface area (Å²) in [5.74, 6) is 0.276. The van der Waals surface area contributed by atoms with E-state index in [1.807, 2.05) is 6.92 Å². The lowest BCUT2D eigenvalue weighted by atomic mass is 9.94. The van der Waals surface area contributed by atoms with Gasteiger partial charge in [0.2, 0.25) is 0 Å². The third-order valence-corrected chi connectivity index (χ3v) is 3.57. The van der Waals surface area contributed by atoms with Crippen molar-refractivity contribution in [1.82, 2.24) is 14.5 Å². The molecule has 0 saturated heterocycles. The van der Waals surface area contributed by atoms with Crippen LogP contribution in [0.2, 0.25) is 0 Å². The van der Waals surface area contributed by atoms with Crippen LogP contribution in [0.3, 0.4) is 0 Å². The Hall–Kier alpha value is -2.17. The van der Waals surface area contributed by atoms with E-state index in [0.717, 1.165) is 42.8 Å². The molecule has 2 aromatic heterocycles. The van der Waals surface area contributed by atoms with Gasteiger partial charge in [0.25, 0.3) is 0 Å². The van der Waals surface area contributed by atoms with Crippen LogP contribution in [0.15, 0.2) is 18.5 Å². The van der Waals surface area contributed by atoms with Crippen LogP contribution in [-0.2, 0) is 12.8 Å². The van der Waals surface area contributed by atoms with Gasteiger partial charge in [0, 0.05) is 18.1 Å². The first-order valence-electron chi connectivity index (χ1n) is 6.43. The fourth-order valence-electron chi connectivity index (χ4n) is 2.57. The molecule has 0 bridgehead atoms.